The molecule has 3 rings (SSSR count). The van der Waals surface area contributed by atoms with E-state index in [1.807, 2.05) is 30.3 Å². The van der Waals surface area contributed by atoms with Gasteiger partial charge in [0.2, 0.25) is 0 Å². The number of hydrogen-bond acceptors (Lipinski definition) is 6. The van der Waals surface area contributed by atoms with Crippen LogP contribution in [0.15, 0.2) is 54.7 Å². The first-order chi connectivity index (χ1) is 13.3. The third-order valence-electron chi connectivity index (χ3n) is 3.72. The molecule has 0 fully saturated rings. The average Bonchev–Trinajstić information content (AvgIpc) is 3.00. The maximum atomic E-state index is 12.4. The van der Waals surface area contributed by atoms with E-state index in [2.05, 4.69) is 10.4 Å². The van der Waals surface area contributed by atoms with E-state index in [1.165, 1.54) is 10.9 Å². The number of carbonyl (C=O) groups is 1. The minimum atomic E-state index is -0.814. The normalized spacial score (nSPS) is 10.5. The van der Waals surface area contributed by atoms with Crippen LogP contribution in [0.2, 0.25) is 5.02 Å². The smallest absolute Gasteiger partial charge is 0.277 e. The number of benzene rings is 2. The first-order valence-electron chi connectivity index (χ1n) is 7.85. The Bertz CT molecular complexity index is 1030. The van der Waals surface area contributed by atoms with Crippen LogP contribution in [0.5, 0.6) is 0 Å². The molecule has 2 aromatic carbocycles. The molecule has 0 aliphatic rings. The summed E-state index contributed by atoms with van der Waals surface area (Å²) < 4.78 is 1.52. The zero-order valence-electron chi connectivity index (χ0n) is 14.1. The van der Waals surface area contributed by atoms with E-state index >= 15 is 0 Å². The number of halogens is 1. The second-order valence-corrected chi connectivity index (χ2v) is 6.12. The van der Waals surface area contributed by atoms with Gasteiger partial charge < -0.3 is 5.32 Å². The molecule has 0 bridgehead atoms. The highest BCUT2D eigenvalue weighted by atomic mass is 35.5. The largest absolute Gasteiger partial charge is 0.304 e. The fourth-order valence-electron chi connectivity index (χ4n) is 2.45. The lowest BCUT2D eigenvalue weighted by Crippen LogP contribution is -2.14. The third kappa shape index (κ3) is 4.30. The van der Waals surface area contributed by atoms with Gasteiger partial charge in [0.25, 0.3) is 17.3 Å². The Morgan fingerprint density at radius 1 is 1.07 bits per heavy atom. The third-order valence-corrected chi connectivity index (χ3v) is 4.00. The summed E-state index contributed by atoms with van der Waals surface area (Å²) in [6, 6.07) is 12.1. The first kappa shape index (κ1) is 19.0. The van der Waals surface area contributed by atoms with E-state index in [-0.39, 0.29) is 16.4 Å². The van der Waals surface area contributed by atoms with Gasteiger partial charge in [-0.1, -0.05) is 41.9 Å². The monoisotopic (exact) mass is 401 g/mol. The topological polar surface area (TPSA) is 133 Å². The molecule has 0 saturated heterocycles. The van der Waals surface area contributed by atoms with Crippen molar-refractivity contribution in [2.45, 2.75) is 6.54 Å². The van der Waals surface area contributed by atoms with E-state index in [0.717, 1.165) is 23.8 Å². The molecule has 10 nitrogen and oxygen atoms in total. The number of amides is 1. The van der Waals surface area contributed by atoms with Crippen LogP contribution in [0, 0.1) is 20.2 Å². The van der Waals surface area contributed by atoms with E-state index < -0.39 is 27.1 Å². The number of hydrogen-bond donors (Lipinski definition) is 1. The fraction of sp³-hybridized carbons (Fsp3) is 0.0588. The summed E-state index contributed by atoms with van der Waals surface area (Å²) in [5, 5.41) is 28.7. The quantitative estimate of drug-likeness (QED) is 0.495. The fourth-order valence-corrected chi connectivity index (χ4v) is 2.65. The summed E-state index contributed by atoms with van der Waals surface area (Å²) in [6.45, 7) is 0.415. The molecule has 0 spiro atoms. The summed E-state index contributed by atoms with van der Waals surface area (Å²) >= 11 is 6.09. The molecule has 0 atom stereocenters. The molecule has 11 heteroatoms. The predicted octanol–water partition coefficient (Wildman–Crippen LogP) is 3.65. The van der Waals surface area contributed by atoms with E-state index in [4.69, 9.17) is 11.6 Å². The lowest BCUT2D eigenvalue weighted by Gasteiger charge is -2.04. The van der Waals surface area contributed by atoms with Gasteiger partial charge >= 0.3 is 0 Å². The number of aromatic nitrogens is 2. The zero-order valence-corrected chi connectivity index (χ0v) is 14.9. The molecule has 142 valence electrons. The Hall–Kier alpha value is -3.79. The molecule has 0 saturated carbocycles. The van der Waals surface area contributed by atoms with E-state index in [0.29, 0.717) is 6.54 Å². The lowest BCUT2D eigenvalue weighted by atomic mass is 10.1. The van der Waals surface area contributed by atoms with Crippen molar-refractivity contribution in [3.63, 3.8) is 0 Å². The van der Waals surface area contributed by atoms with Crippen molar-refractivity contribution in [3.05, 3.63) is 91.1 Å². The Morgan fingerprint density at radius 3 is 2.25 bits per heavy atom. The molecular formula is C17H12ClN5O5. The summed E-state index contributed by atoms with van der Waals surface area (Å²) in [7, 11) is 0. The van der Waals surface area contributed by atoms with Gasteiger partial charge in [0, 0.05) is 18.3 Å². The maximum absolute atomic E-state index is 12.4. The van der Waals surface area contributed by atoms with Gasteiger partial charge in [-0.25, -0.2) is 0 Å². The van der Waals surface area contributed by atoms with Crippen molar-refractivity contribution in [3.8, 4) is 0 Å². The molecule has 0 unspecified atom stereocenters. The number of nitrogens with one attached hydrogen (secondary N) is 1. The van der Waals surface area contributed by atoms with E-state index in [9.17, 15) is 25.0 Å². The van der Waals surface area contributed by atoms with Crippen LogP contribution in [0.3, 0.4) is 0 Å². The Kier molecular flexibility index (Phi) is 5.32. The van der Waals surface area contributed by atoms with Gasteiger partial charge in [0.1, 0.15) is 5.02 Å². The number of rotatable bonds is 6. The molecule has 0 radical (unpaired) electrons. The molecule has 1 amide bonds. The number of nitrogens with zero attached hydrogens (tertiary/aromatic N) is 4. The number of nitro benzene ring substituents is 2. The highest BCUT2D eigenvalue weighted by Crippen LogP contribution is 2.25. The Balaban J connectivity index is 1.83. The van der Waals surface area contributed by atoms with Crippen LogP contribution < -0.4 is 5.32 Å². The van der Waals surface area contributed by atoms with Gasteiger partial charge in [-0.15, -0.1) is 0 Å². The van der Waals surface area contributed by atoms with Crippen molar-refractivity contribution in [1.29, 1.82) is 0 Å². The average molecular weight is 402 g/mol. The van der Waals surface area contributed by atoms with Gasteiger partial charge in [0.15, 0.2) is 5.82 Å². The van der Waals surface area contributed by atoms with Crippen molar-refractivity contribution in [2.75, 3.05) is 5.32 Å². The molecule has 3 aromatic rings. The predicted molar refractivity (Wildman–Crippen MR) is 100 cm³/mol. The van der Waals surface area contributed by atoms with Gasteiger partial charge in [-0.05, 0) is 5.56 Å². The SMILES string of the molecule is O=C(Nc1nn(Cc2ccccc2)cc1Cl)c1cc([N+](=O)[O-])cc([N+](=O)[O-])c1. The van der Waals surface area contributed by atoms with Gasteiger partial charge in [0.05, 0.1) is 28.0 Å². The molecule has 1 heterocycles. The van der Waals surface area contributed by atoms with Crippen LogP contribution >= 0.6 is 11.6 Å². The minimum absolute atomic E-state index is 0.0387. The number of non-ortho nitro benzene ring substituents is 2. The summed E-state index contributed by atoms with van der Waals surface area (Å²) in [5.41, 5.74) is -0.427. The highest BCUT2D eigenvalue weighted by Gasteiger charge is 2.21. The van der Waals surface area contributed by atoms with Crippen molar-refractivity contribution >= 4 is 34.7 Å². The van der Waals surface area contributed by atoms with Crippen LogP contribution in [-0.2, 0) is 6.54 Å². The molecule has 0 aliphatic carbocycles. The second kappa shape index (κ2) is 7.84. The molecule has 0 aliphatic heterocycles. The second-order valence-electron chi connectivity index (χ2n) is 5.72. The van der Waals surface area contributed by atoms with Crippen LogP contribution in [0.25, 0.3) is 0 Å². The van der Waals surface area contributed by atoms with Crippen molar-refractivity contribution in [1.82, 2.24) is 9.78 Å². The summed E-state index contributed by atoms with van der Waals surface area (Å²) in [6.07, 6.45) is 1.51. The number of nitro groups is 2. The first-order valence-corrected chi connectivity index (χ1v) is 8.23. The molecule has 28 heavy (non-hydrogen) atoms. The van der Waals surface area contributed by atoms with Crippen molar-refractivity contribution in [2.24, 2.45) is 0 Å². The summed E-state index contributed by atoms with van der Waals surface area (Å²) in [5.74, 6) is -0.768. The highest BCUT2D eigenvalue weighted by molar-refractivity contribution is 6.33. The maximum Gasteiger partial charge on any atom is 0.277 e. The molecule has 1 N–H and O–H groups in total. The molecular weight excluding hydrogens is 390 g/mol. The van der Waals surface area contributed by atoms with Crippen LogP contribution in [0.4, 0.5) is 17.2 Å². The molecule has 1 aromatic heterocycles. The minimum Gasteiger partial charge on any atom is -0.304 e. The number of carbonyl (C=O) groups excluding carboxylic acids is 1. The Labute approximate surface area is 162 Å². The zero-order chi connectivity index (χ0) is 20.3. The van der Waals surface area contributed by atoms with Crippen molar-refractivity contribution < 1.29 is 14.6 Å². The van der Waals surface area contributed by atoms with Gasteiger partial charge in [-0.3, -0.25) is 29.7 Å². The Morgan fingerprint density at radius 2 is 1.68 bits per heavy atom. The van der Waals surface area contributed by atoms with Crippen LogP contribution in [-0.4, -0.2) is 25.5 Å². The van der Waals surface area contributed by atoms with Crippen LogP contribution in [0.1, 0.15) is 15.9 Å². The standard InChI is InChI=1S/C17H12ClN5O5/c18-15-10-21(9-11-4-2-1-3-5-11)20-16(15)19-17(24)12-6-13(22(25)26)8-14(7-12)23(27)28/h1-8,10H,9H2,(H,19,20,24). The number of anilines is 1. The van der Waals surface area contributed by atoms with E-state index in [1.54, 1.807) is 0 Å². The summed E-state index contributed by atoms with van der Waals surface area (Å²) in [4.78, 5) is 32.7. The lowest BCUT2D eigenvalue weighted by molar-refractivity contribution is -0.394. The van der Waals surface area contributed by atoms with Gasteiger partial charge in [-0.2, -0.15) is 5.10 Å².